The Labute approximate surface area is 91.7 Å². The van der Waals surface area contributed by atoms with Crippen LogP contribution in [0.4, 0.5) is 5.69 Å². The van der Waals surface area contributed by atoms with E-state index in [1.165, 1.54) is 25.1 Å². The number of phenolic OH excluding ortho intramolecular Hbond substituents is 1. The van der Waals surface area contributed by atoms with E-state index < -0.39 is 17.9 Å². The molecule has 6 nitrogen and oxygen atoms in total. The molecule has 1 atom stereocenters. The van der Waals surface area contributed by atoms with E-state index in [1.54, 1.807) is 0 Å². The van der Waals surface area contributed by atoms with Gasteiger partial charge < -0.3 is 21.3 Å². The number of carboxylic acids is 1. The summed E-state index contributed by atoms with van der Waals surface area (Å²) in [5, 5.41) is 20.2. The number of anilines is 1. The molecule has 1 aromatic carbocycles. The first-order chi connectivity index (χ1) is 7.41. The zero-order valence-corrected chi connectivity index (χ0v) is 8.60. The molecular formula is C10H12N2O4. The smallest absolute Gasteiger partial charge is 0.325 e. The van der Waals surface area contributed by atoms with Crippen LogP contribution in [0.5, 0.6) is 5.75 Å². The summed E-state index contributed by atoms with van der Waals surface area (Å²) in [6.45, 7) is 1.33. The fourth-order valence-corrected chi connectivity index (χ4v) is 1.08. The Morgan fingerprint density at radius 1 is 1.44 bits per heavy atom. The molecule has 0 aliphatic carbocycles. The molecule has 1 amide bonds. The molecule has 86 valence electrons. The number of rotatable bonds is 3. The Hall–Kier alpha value is -2.24. The SMILES string of the molecule is CC(NC(=O)c1ccc(N)cc1O)C(=O)O. The Balaban J connectivity index is 2.85. The first kappa shape index (κ1) is 11.8. The molecule has 16 heavy (non-hydrogen) atoms. The van der Waals surface area contributed by atoms with Gasteiger partial charge in [0.1, 0.15) is 11.8 Å². The third-order valence-corrected chi connectivity index (χ3v) is 1.98. The normalized spacial score (nSPS) is 11.8. The number of aromatic hydroxyl groups is 1. The Morgan fingerprint density at radius 2 is 2.06 bits per heavy atom. The molecule has 0 saturated heterocycles. The predicted octanol–water partition coefficient (Wildman–Crippen LogP) is 0.177. The number of benzene rings is 1. The quantitative estimate of drug-likeness (QED) is 0.547. The van der Waals surface area contributed by atoms with E-state index in [0.29, 0.717) is 5.69 Å². The fourth-order valence-electron chi connectivity index (χ4n) is 1.08. The van der Waals surface area contributed by atoms with Crippen LogP contribution in [0.1, 0.15) is 17.3 Å². The number of amides is 1. The lowest BCUT2D eigenvalue weighted by molar-refractivity contribution is -0.138. The van der Waals surface area contributed by atoms with Gasteiger partial charge in [0.25, 0.3) is 5.91 Å². The van der Waals surface area contributed by atoms with Gasteiger partial charge >= 0.3 is 5.97 Å². The highest BCUT2D eigenvalue weighted by Gasteiger charge is 2.17. The summed E-state index contributed by atoms with van der Waals surface area (Å²) in [4.78, 5) is 22.0. The van der Waals surface area contributed by atoms with E-state index in [-0.39, 0.29) is 11.3 Å². The van der Waals surface area contributed by atoms with E-state index in [9.17, 15) is 14.7 Å². The van der Waals surface area contributed by atoms with E-state index in [1.807, 2.05) is 0 Å². The molecule has 1 unspecified atom stereocenters. The number of nitrogens with two attached hydrogens (primary N) is 1. The average Bonchev–Trinajstić information content (AvgIpc) is 2.16. The highest BCUT2D eigenvalue weighted by atomic mass is 16.4. The summed E-state index contributed by atoms with van der Waals surface area (Å²) in [5.74, 6) is -2.09. The Morgan fingerprint density at radius 3 is 2.56 bits per heavy atom. The molecule has 1 aromatic rings. The standard InChI is InChI=1S/C10H12N2O4/c1-5(10(15)16)12-9(14)7-3-2-6(11)4-8(7)13/h2-5,13H,11H2,1H3,(H,12,14)(H,15,16). The predicted molar refractivity (Wildman–Crippen MR) is 57.1 cm³/mol. The van der Waals surface area contributed by atoms with Crippen LogP contribution in [0.15, 0.2) is 18.2 Å². The molecular weight excluding hydrogens is 212 g/mol. The number of hydrogen-bond donors (Lipinski definition) is 4. The van der Waals surface area contributed by atoms with Crippen molar-refractivity contribution >= 4 is 17.6 Å². The van der Waals surface area contributed by atoms with Crippen molar-refractivity contribution in [3.63, 3.8) is 0 Å². The first-order valence-corrected chi connectivity index (χ1v) is 4.54. The van der Waals surface area contributed by atoms with Crippen molar-refractivity contribution in [3.05, 3.63) is 23.8 Å². The Bertz CT molecular complexity index is 431. The van der Waals surface area contributed by atoms with E-state index >= 15 is 0 Å². The molecule has 0 spiro atoms. The zero-order chi connectivity index (χ0) is 12.3. The highest BCUT2D eigenvalue weighted by molar-refractivity contribution is 5.99. The molecule has 0 aliphatic rings. The fraction of sp³-hybridized carbons (Fsp3) is 0.200. The van der Waals surface area contributed by atoms with Crippen LogP contribution in [-0.2, 0) is 4.79 Å². The molecule has 1 rings (SSSR count). The molecule has 0 bridgehead atoms. The van der Waals surface area contributed by atoms with Gasteiger partial charge in [-0.3, -0.25) is 9.59 Å². The molecule has 6 heteroatoms. The van der Waals surface area contributed by atoms with Crippen LogP contribution >= 0.6 is 0 Å². The van der Waals surface area contributed by atoms with Crippen LogP contribution in [0, 0.1) is 0 Å². The van der Waals surface area contributed by atoms with Gasteiger partial charge in [0.05, 0.1) is 5.56 Å². The molecule has 5 N–H and O–H groups in total. The van der Waals surface area contributed by atoms with E-state index in [2.05, 4.69) is 5.32 Å². The molecule has 0 radical (unpaired) electrons. The second-order valence-electron chi connectivity index (χ2n) is 3.31. The monoisotopic (exact) mass is 224 g/mol. The van der Waals surface area contributed by atoms with E-state index in [4.69, 9.17) is 10.8 Å². The minimum atomic E-state index is -1.15. The lowest BCUT2D eigenvalue weighted by Gasteiger charge is -2.10. The van der Waals surface area contributed by atoms with Crippen molar-refractivity contribution in [1.29, 1.82) is 0 Å². The van der Waals surface area contributed by atoms with Gasteiger partial charge in [0, 0.05) is 11.8 Å². The number of nitrogen functional groups attached to an aromatic ring is 1. The molecule has 0 aromatic heterocycles. The summed E-state index contributed by atoms with van der Waals surface area (Å²) in [6.07, 6.45) is 0. The van der Waals surface area contributed by atoms with Crippen LogP contribution in [-0.4, -0.2) is 28.1 Å². The minimum absolute atomic E-state index is 0.0118. The number of carbonyl (C=O) groups is 2. The van der Waals surface area contributed by atoms with Crippen LogP contribution in [0.3, 0.4) is 0 Å². The van der Waals surface area contributed by atoms with Crippen molar-refractivity contribution in [2.24, 2.45) is 0 Å². The van der Waals surface area contributed by atoms with Gasteiger partial charge in [0.15, 0.2) is 0 Å². The first-order valence-electron chi connectivity index (χ1n) is 4.54. The van der Waals surface area contributed by atoms with Crippen molar-refractivity contribution in [1.82, 2.24) is 5.32 Å². The number of carboxylic acid groups (broad SMARTS) is 1. The summed E-state index contributed by atoms with van der Waals surface area (Å²) in [6, 6.07) is 2.97. The third-order valence-electron chi connectivity index (χ3n) is 1.98. The van der Waals surface area contributed by atoms with Gasteiger partial charge in [-0.1, -0.05) is 0 Å². The summed E-state index contributed by atoms with van der Waals surface area (Å²) in [5.41, 5.74) is 5.70. The van der Waals surface area contributed by atoms with Crippen molar-refractivity contribution in [2.75, 3.05) is 5.73 Å². The number of aliphatic carboxylic acids is 1. The van der Waals surface area contributed by atoms with Crippen molar-refractivity contribution in [2.45, 2.75) is 13.0 Å². The lowest BCUT2D eigenvalue weighted by atomic mass is 10.1. The van der Waals surface area contributed by atoms with Gasteiger partial charge in [-0.15, -0.1) is 0 Å². The number of phenols is 1. The molecule has 0 fully saturated rings. The highest BCUT2D eigenvalue weighted by Crippen LogP contribution is 2.19. The van der Waals surface area contributed by atoms with E-state index in [0.717, 1.165) is 0 Å². The van der Waals surface area contributed by atoms with Gasteiger partial charge in [-0.25, -0.2) is 0 Å². The second kappa shape index (κ2) is 4.52. The third kappa shape index (κ3) is 2.63. The minimum Gasteiger partial charge on any atom is -0.507 e. The maximum absolute atomic E-state index is 11.5. The average molecular weight is 224 g/mol. The maximum atomic E-state index is 11.5. The number of carbonyl (C=O) groups excluding carboxylic acids is 1. The van der Waals surface area contributed by atoms with Gasteiger partial charge in [0.2, 0.25) is 0 Å². The Kier molecular flexibility index (Phi) is 3.34. The maximum Gasteiger partial charge on any atom is 0.325 e. The molecule has 0 heterocycles. The summed E-state index contributed by atoms with van der Waals surface area (Å²) in [7, 11) is 0. The largest absolute Gasteiger partial charge is 0.507 e. The van der Waals surface area contributed by atoms with Crippen LogP contribution < -0.4 is 11.1 Å². The second-order valence-corrected chi connectivity index (χ2v) is 3.31. The van der Waals surface area contributed by atoms with Crippen molar-refractivity contribution < 1.29 is 19.8 Å². The molecule has 0 aliphatic heterocycles. The van der Waals surface area contributed by atoms with Gasteiger partial charge in [-0.05, 0) is 19.1 Å². The van der Waals surface area contributed by atoms with Crippen LogP contribution in [0.25, 0.3) is 0 Å². The summed E-state index contributed by atoms with van der Waals surface area (Å²) >= 11 is 0. The van der Waals surface area contributed by atoms with Crippen LogP contribution in [0.2, 0.25) is 0 Å². The zero-order valence-electron chi connectivity index (χ0n) is 8.60. The lowest BCUT2D eigenvalue weighted by Crippen LogP contribution is -2.38. The number of nitrogens with one attached hydrogen (secondary N) is 1. The topological polar surface area (TPSA) is 113 Å². The van der Waals surface area contributed by atoms with Crippen molar-refractivity contribution in [3.8, 4) is 5.75 Å². The van der Waals surface area contributed by atoms with Gasteiger partial charge in [-0.2, -0.15) is 0 Å². The summed E-state index contributed by atoms with van der Waals surface area (Å²) < 4.78 is 0. The number of hydrogen-bond acceptors (Lipinski definition) is 4. The molecule has 0 saturated carbocycles.